The third-order valence-corrected chi connectivity index (χ3v) is 6.28. The second-order valence-corrected chi connectivity index (χ2v) is 8.01. The molecule has 0 radical (unpaired) electrons. The minimum atomic E-state index is -0.820. The van der Waals surface area contributed by atoms with Crippen LogP contribution in [-0.4, -0.2) is 67.0 Å². The van der Waals surface area contributed by atoms with E-state index in [0.29, 0.717) is 30.2 Å². The Morgan fingerprint density at radius 2 is 1.79 bits per heavy atom. The molecule has 1 fully saturated rings. The summed E-state index contributed by atoms with van der Waals surface area (Å²) in [5, 5.41) is 11.5. The van der Waals surface area contributed by atoms with E-state index in [1.54, 1.807) is 36.4 Å². The predicted octanol–water partition coefficient (Wildman–Crippen LogP) is 4.12. The zero-order chi connectivity index (χ0) is 24.1. The molecule has 0 bridgehead atoms. The smallest absolute Gasteiger partial charge is 0.295 e. The number of methoxy groups -OCH3 is 2. The van der Waals surface area contributed by atoms with Gasteiger partial charge in [-0.25, -0.2) is 0 Å². The Kier molecular flexibility index (Phi) is 8.00. The number of carbonyl (C=O) groups is 2. The van der Waals surface area contributed by atoms with Crippen molar-refractivity contribution in [3.63, 3.8) is 0 Å². The summed E-state index contributed by atoms with van der Waals surface area (Å²) in [6.45, 7) is 6.63. The van der Waals surface area contributed by atoms with Crippen LogP contribution in [0.15, 0.2) is 48.0 Å². The molecule has 33 heavy (non-hydrogen) atoms. The second-order valence-electron chi connectivity index (χ2n) is 7.61. The summed E-state index contributed by atoms with van der Waals surface area (Å²) in [5.41, 5.74) is 0.802. The van der Waals surface area contributed by atoms with Crippen LogP contribution in [0, 0.1) is 0 Å². The van der Waals surface area contributed by atoms with Gasteiger partial charge in [0.2, 0.25) is 0 Å². The van der Waals surface area contributed by atoms with Crippen molar-refractivity contribution >= 4 is 29.1 Å². The van der Waals surface area contributed by atoms with E-state index in [1.165, 1.54) is 19.1 Å². The number of amides is 1. The summed E-state index contributed by atoms with van der Waals surface area (Å²) >= 11 is 6.35. The first kappa shape index (κ1) is 24.6. The number of ether oxygens (including phenoxy) is 2. The highest BCUT2D eigenvalue weighted by Crippen LogP contribution is 2.43. The number of hydrogen-bond donors (Lipinski definition) is 1. The van der Waals surface area contributed by atoms with E-state index in [-0.39, 0.29) is 21.9 Å². The number of ketones is 1. The summed E-state index contributed by atoms with van der Waals surface area (Å²) in [6.07, 6.45) is 0. The maximum absolute atomic E-state index is 13.2. The van der Waals surface area contributed by atoms with Crippen molar-refractivity contribution in [2.75, 3.05) is 40.4 Å². The maximum atomic E-state index is 13.2. The van der Waals surface area contributed by atoms with Crippen molar-refractivity contribution in [2.45, 2.75) is 19.9 Å². The van der Waals surface area contributed by atoms with Crippen LogP contribution in [0.4, 0.5) is 0 Å². The highest BCUT2D eigenvalue weighted by molar-refractivity contribution is 6.47. The molecule has 2 aromatic carbocycles. The molecular weight excluding hydrogens is 444 g/mol. The Balaban J connectivity index is 2.19. The topological polar surface area (TPSA) is 79.3 Å². The van der Waals surface area contributed by atoms with Gasteiger partial charge in [0.25, 0.3) is 11.7 Å². The van der Waals surface area contributed by atoms with Crippen LogP contribution < -0.4 is 9.47 Å². The second kappa shape index (κ2) is 10.7. The molecular formula is C25H29ClN2O5. The molecule has 1 amide bonds. The van der Waals surface area contributed by atoms with Gasteiger partial charge in [0.05, 0.1) is 30.9 Å². The third-order valence-electron chi connectivity index (χ3n) is 5.95. The maximum Gasteiger partial charge on any atom is 0.295 e. The van der Waals surface area contributed by atoms with Gasteiger partial charge < -0.3 is 24.4 Å². The van der Waals surface area contributed by atoms with Gasteiger partial charge in [-0.2, -0.15) is 0 Å². The van der Waals surface area contributed by atoms with E-state index in [9.17, 15) is 14.7 Å². The largest absolute Gasteiger partial charge is 0.507 e. The number of benzene rings is 2. The molecule has 7 nitrogen and oxygen atoms in total. The van der Waals surface area contributed by atoms with Crippen LogP contribution in [0.2, 0.25) is 5.02 Å². The molecule has 1 unspecified atom stereocenters. The highest BCUT2D eigenvalue weighted by Gasteiger charge is 2.47. The Bertz CT molecular complexity index is 1060. The van der Waals surface area contributed by atoms with Crippen molar-refractivity contribution in [1.29, 1.82) is 0 Å². The number of aliphatic hydroxyl groups excluding tert-OH is 1. The van der Waals surface area contributed by atoms with Crippen molar-refractivity contribution < 1.29 is 24.2 Å². The summed E-state index contributed by atoms with van der Waals surface area (Å²) < 4.78 is 10.8. The Hall–Kier alpha value is -3.03. The standard InChI is InChI=1S/C25H29ClN2O5/c1-5-27(6-2)13-14-28-22(17-9-7-8-10-20(17)33-4)21(24(30)25(28)31)23(29)18-15-16(32-3)11-12-19(18)26/h7-12,15,22,29H,5-6,13-14H2,1-4H3/b23-21+. The normalized spacial score (nSPS) is 17.6. The van der Waals surface area contributed by atoms with Crippen LogP contribution in [-0.2, 0) is 9.59 Å². The van der Waals surface area contributed by atoms with Crippen molar-refractivity contribution in [1.82, 2.24) is 9.80 Å². The van der Waals surface area contributed by atoms with E-state index in [1.807, 2.05) is 19.9 Å². The number of likely N-dealkylation sites (tertiary alicyclic amines) is 1. The fraction of sp³-hybridized carbons (Fsp3) is 0.360. The van der Waals surface area contributed by atoms with Gasteiger partial charge in [-0.05, 0) is 37.4 Å². The first-order valence-corrected chi connectivity index (χ1v) is 11.2. The lowest BCUT2D eigenvalue weighted by molar-refractivity contribution is -0.140. The number of aliphatic hydroxyl groups is 1. The first-order valence-electron chi connectivity index (χ1n) is 10.8. The minimum Gasteiger partial charge on any atom is -0.507 e. The van der Waals surface area contributed by atoms with E-state index in [0.717, 1.165) is 13.1 Å². The summed E-state index contributed by atoms with van der Waals surface area (Å²) in [7, 11) is 3.02. The molecule has 176 valence electrons. The fourth-order valence-electron chi connectivity index (χ4n) is 4.07. The number of para-hydroxylation sites is 1. The number of likely N-dealkylation sites (N-methyl/N-ethyl adjacent to an activating group) is 1. The molecule has 1 aliphatic heterocycles. The van der Waals surface area contributed by atoms with Crippen LogP contribution in [0.5, 0.6) is 11.5 Å². The first-order chi connectivity index (χ1) is 15.9. The van der Waals surface area contributed by atoms with Crippen molar-refractivity contribution in [3.8, 4) is 11.5 Å². The average Bonchev–Trinajstić information content (AvgIpc) is 3.09. The van der Waals surface area contributed by atoms with Crippen molar-refractivity contribution in [2.24, 2.45) is 0 Å². The monoisotopic (exact) mass is 472 g/mol. The summed E-state index contributed by atoms with van der Waals surface area (Å²) in [5.74, 6) is -0.801. The lowest BCUT2D eigenvalue weighted by Gasteiger charge is -2.29. The number of rotatable bonds is 9. The molecule has 8 heteroatoms. The number of halogens is 1. The third kappa shape index (κ3) is 4.84. The fourth-order valence-corrected chi connectivity index (χ4v) is 4.28. The number of carbonyl (C=O) groups excluding carboxylic acids is 2. The molecule has 1 saturated heterocycles. The summed E-state index contributed by atoms with van der Waals surface area (Å²) in [6, 6.07) is 11.1. The highest BCUT2D eigenvalue weighted by atomic mass is 35.5. The lowest BCUT2D eigenvalue weighted by atomic mass is 9.94. The number of hydrogen-bond acceptors (Lipinski definition) is 6. The molecule has 1 N–H and O–H groups in total. The molecule has 0 aliphatic carbocycles. The quantitative estimate of drug-likeness (QED) is 0.336. The molecule has 3 rings (SSSR count). The Morgan fingerprint density at radius 1 is 1.09 bits per heavy atom. The van der Waals surface area contributed by atoms with Gasteiger partial charge in [0, 0.05) is 24.2 Å². The van der Waals surface area contributed by atoms with E-state index in [2.05, 4.69) is 4.90 Å². The molecule has 0 spiro atoms. The minimum absolute atomic E-state index is 0.0285. The summed E-state index contributed by atoms with van der Waals surface area (Å²) in [4.78, 5) is 30.0. The van der Waals surface area contributed by atoms with E-state index in [4.69, 9.17) is 21.1 Å². The Morgan fingerprint density at radius 3 is 2.42 bits per heavy atom. The lowest BCUT2D eigenvalue weighted by Crippen LogP contribution is -2.38. The molecule has 1 heterocycles. The van der Waals surface area contributed by atoms with Gasteiger partial charge in [-0.3, -0.25) is 9.59 Å². The predicted molar refractivity (Wildman–Crippen MR) is 128 cm³/mol. The van der Waals surface area contributed by atoms with E-state index < -0.39 is 17.7 Å². The van der Waals surface area contributed by atoms with Crippen LogP contribution in [0.3, 0.4) is 0 Å². The molecule has 0 aromatic heterocycles. The van der Waals surface area contributed by atoms with Gasteiger partial charge >= 0.3 is 0 Å². The van der Waals surface area contributed by atoms with Gasteiger partial charge in [0.15, 0.2) is 0 Å². The Labute approximate surface area is 199 Å². The zero-order valence-corrected chi connectivity index (χ0v) is 20.1. The van der Waals surface area contributed by atoms with Crippen LogP contribution >= 0.6 is 11.6 Å². The van der Waals surface area contributed by atoms with Gasteiger partial charge in [-0.15, -0.1) is 0 Å². The molecule has 2 aromatic rings. The van der Waals surface area contributed by atoms with Gasteiger partial charge in [-0.1, -0.05) is 43.6 Å². The van der Waals surface area contributed by atoms with Crippen LogP contribution in [0.25, 0.3) is 5.76 Å². The number of nitrogens with zero attached hydrogens (tertiary/aromatic N) is 2. The molecule has 0 saturated carbocycles. The van der Waals surface area contributed by atoms with Crippen molar-refractivity contribution in [3.05, 3.63) is 64.2 Å². The van der Waals surface area contributed by atoms with Crippen LogP contribution in [0.1, 0.15) is 31.0 Å². The average molecular weight is 473 g/mol. The molecule has 1 aliphatic rings. The number of Topliss-reactive ketones (excluding diaryl/α,β-unsaturated/α-hetero) is 1. The SMILES string of the molecule is CCN(CC)CCN1C(=O)C(=O)/C(=C(/O)c2cc(OC)ccc2Cl)C1c1ccccc1OC. The van der Waals surface area contributed by atoms with E-state index >= 15 is 0 Å². The van der Waals surface area contributed by atoms with Gasteiger partial charge in [0.1, 0.15) is 17.3 Å². The zero-order valence-electron chi connectivity index (χ0n) is 19.3. The molecule has 1 atom stereocenters.